The van der Waals surface area contributed by atoms with Crippen LogP contribution in [0.25, 0.3) is 0 Å². The first-order valence-corrected chi connectivity index (χ1v) is 10.7. The normalized spacial score (nSPS) is 27.1. The van der Waals surface area contributed by atoms with Gasteiger partial charge in [-0.05, 0) is 50.1 Å². The van der Waals surface area contributed by atoms with E-state index in [9.17, 15) is 9.59 Å². The highest BCUT2D eigenvalue weighted by molar-refractivity contribution is 6.35. The average Bonchev–Trinajstić information content (AvgIpc) is 3.38. The van der Waals surface area contributed by atoms with E-state index in [0.29, 0.717) is 33.6 Å². The van der Waals surface area contributed by atoms with Crippen LogP contribution in [0, 0.1) is 5.92 Å². The van der Waals surface area contributed by atoms with Crippen LogP contribution in [-0.2, 0) is 15.1 Å². The second kappa shape index (κ2) is 7.15. The quantitative estimate of drug-likeness (QED) is 0.739. The van der Waals surface area contributed by atoms with E-state index in [1.54, 1.807) is 24.3 Å². The van der Waals surface area contributed by atoms with Crippen LogP contribution in [0.3, 0.4) is 0 Å². The van der Waals surface area contributed by atoms with Gasteiger partial charge in [0.05, 0.1) is 29.4 Å². The lowest BCUT2D eigenvalue weighted by Crippen LogP contribution is -2.53. The highest BCUT2D eigenvalue weighted by Crippen LogP contribution is 2.56. The van der Waals surface area contributed by atoms with Crippen molar-refractivity contribution in [3.8, 4) is 5.75 Å². The number of halogens is 2. The summed E-state index contributed by atoms with van der Waals surface area (Å²) >= 11 is 12.5. The van der Waals surface area contributed by atoms with Gasteiger partial charge in [-0.25, -0.2) is 0 Å². The number of carbonyl (C=O) groups is 2. The lowest BCUT2D eigenvalue weighted by Gasteiger charge is -2.36. The summed E-state index contributed by atoms with van der Waals surface area (Å²) in [6.45, 7) is 0.772. The number of benzene rings is 2. The number of methoxy groups -OCH3 is 1. The number of para-hydroxylation sites is 1. The van der Waals surface area contributed by atoms with Crippen LogP contribution in [0.15, 0.2) is 36.4 Å². The SMILES string of the molecule is COc1ccc(Cl)cc1NC(=O)[C@H]1C[C@@H]2CCCN2[C@]12C(=O)Nc1c(Cl)cccc12. The molecule has 0 saturated carbocycles. The Morgan fingerprint density at radius 2 is 2.13 bits per heavy atom. The first-order chi connectivity index (χ1) is 14.5. The van der Waals surface area contributed by atoms with E-state index in [0.717, 1.165) is 24.9 Å². The molecule has 0 radical (unpaired) electrons. The molecule has 30 heavy (non-hydrogen) atoms. The van der Waals surface area contributed by atoms with Crippen molar-refractivity contribution < 1.29 is 14.3 Å². The third kappa shape index (κ3) is 2.67. The molecular weight excluding hydrogens is 425 g/mol. The summed E-state index contributed by atoms with van der Waals surface area (Å²) in [6.07, 6.45) is 2.58. The van der Waals surface area contributed by atoms with Gasteiger partial charge in [0.25, 0.3) is 0 Å². The number of rotatable bonds is 3. The summed E-state index contributed by atoms with van der Waals surface area (Å²) in [6, 6.07) is 10.7. The third-order valence-corrected chi connectivity index (χ3v) is 7.14. The monoisotopic (exact) mass is 445 g/mol. The van der Waals surface area contributed by atoms with Crippen molar-refractivity contribution in [2.24, 2.45) is 5.92 Å². The summed E-state index contributed by atoms with van der Waals surface area (Å²) in [5, 5.41) is 6.89. The fourth-order valence-electron chi connectivity index (χ4n) is 5.41. The van der Waals surface area contributed by atoms with E-state index in [1.165, 1.54) is 7.11 Å². The number of hydrogen-bond donors (Lipinski definition) is 2. The first-order valence-electron chi connectivity index (χ1n) is 9.98. The molecule has 0 unspecified atom stereocenters. The molecule has 8 heteroatoms. The summed E-state index contributed by atoms with van der Waals surface area (Å²) in [5.41, 5.74) is 0.816. The molecule has 3 aliphatic heterocycles. The fraction of sp³-hybridized carbons (Fsp3) is 0.364. The Bertz CT molecular complexity index is 1060. The minimum absolute atomic E-state index is 0.178. The molecule has 2 fully saturated rings. The van der Waals surface area contributed by atoms with Gasteiger partial charge in [0, 0.05) is 16.6 Å². The van der Waals surface area contributed by atoms with Crippen molar-refractivity contribution in [3.63, 3.8) is 0 Å². The number of carbonyl (C=O) groups excluding carboxylic acids is 2. The van der Waals surface area contributed by atoms with Crippen LogP contribution in [-0.4, -0.2) is 36.4 Å². The van der Waals surface area contributed by atoms with Crippen molar-refractivity contribution in [1.82, 2.24) is 4.90 Å². The van der Waals surface area contributed by atoms with Gasteiger partial charge in [0.2, 0.25) is 11.8 Å². The molecule has 2 N–H and O–H groups in total. The molecule has 0 aromatic heterocycles. The molecule has 3 aliphatic rings. The van der Waals surface area contributed by atoms with E-state index in [4.69, 9.17) is 27.9 Å². The molecule has 5 rings (SSSR count). The molecule has 0 bridgehead atoms. The van der Waals surface area contributed by atoms with Crippen LogP contribution >= 0.6 is 23.2 Å². The number of ether oxygens (including phenoxy) is 1. The van der Waals surface area contributed by atoms with Crippen LogP contribution in [0.2, 0.25) is 10.0 Å². The molecule has 1 spiro atoms. The van der Waals surface area contributed by atoms with Crippen LogP contribution in [0.4, 0.5) is 11.4 Å². The number of nitrogens with zero attached hydrogens (tertiary/aromatic N) is 1. The number of nitrogens with one attached hydrogen (secondary N) is 2. The van der Waals surface area contributed by atoms with Crippen LogP contribution < -0.4 is 15.4 Å². The Morgan fingerprint density at radius 1 is 1.30 bits per heavy atom. The van der Waals surface area contributed by atoms with Crippen molar-refractivity contribution in [1.29, 1.82) is 0 Å². The van der Waals surface area contributed by atoms with Gasteiger partial charge < -0.3 is 15.4 Å². The van der Waals surface area contributed by atoms with Gasteiger partial charge in [-0.1, -0.05) is 35.3 Å². The van der Waals surface area contributed by atoms with E-state index in [2.05, 4.69) is 15.5 Å². The van der Waals surface area contributed by atoms with E-state index >= 15 is 0 Å². The second-order valence-corrected chi connectivity index (χ2v) is 8.84. The molecule has 2 amide bonds. The molecule has 6 nitrogen and oxygen atoms in total. The summed E-state index contributed by atoms with van der Waals surface area (Å²) in [5.74, 6) is -0.466. The zero-order valence-corrected chi connectivity index (χ0v) is 17.9. The van der Waals surface area contributed by atoms with Gasteiger partial charge in [-0.3, -0.25) is 14.5 Å². The molecule has 2 saturated heterocycles. The van der Waals surface area contributed by atoms with Crippen LogP contribution in [0.5, 0.6) is 5.75 Å². The minimum atomic E-state index is -1.06. The summed E-state index contributed by atoms with van der Waals surface area (Å²) in [4.78, 5) is 29.2. The van der Waals surface area contributed by atoms with E-state index in [-0.39, 0.29) is 17.9 Å². The van der Waals surface area contributed by atoms with E-state index in [1.807, 2.05) is 12.1 Å². The second-order valence-electron chi connectivity index (χ2n) is 7.99. The molecule has 2 aromatic rings. The predicted molar refractivity (Wildman–Crippen MR) is 116 cm³/mol. The Morgan fingerprint density at radius 3 is 2.93 bits per heavy atom. The Kier molecular flexibility index (Phi) is 4.69. The van der Waals surface area contributed by atoms with Crippen molar-refractivity contribution in [3.05, 3.63) is 52.0 Å². The van der Waals surface area contributed by atoms with Crippen molar-refractivity contribution >= 4 is 46.4 Å². The molecule has 3 atom stereocenters. The maximum absolute atomic E-state index is 13.6. The Labute approximate surface area is 184 Å². The zero-order valence-electron chi connectivity index (χ0n) is 16.4. The standard InChI is InChI=1S/C22H21Cl2N3O3/c1-30-18-8-7-12(23)10-17(18)25-20(28)15-11-13-4-3-9-27(13)22(15)14-5-2-6-16(24)19(14)26-21(22)29/h2,5-8,10,13,15H,3-4,9,11H2,1H3,(H,25,28)(H,26,29)/t13-,15+,22-/m0/s1. The highest BCUT2D eigenvalue weighted by atomic mass is 35.5. The maximum atomic E-state index is 13.6. The van der Waals surface area contributed by atoms with Crippen LogP contribution in [0.1, 0.15) is 24.8 Å². The Hall–Kier alpha value is -2.28. The molecule has 2 aromatic carbocycles. The lowest BCUT2D eigenvalue weighted by atomic mass is 9.78. The van der Waals surface area contributed by atoms with Gasteiger partial charge in [0.15, 0.2) is 0 Å². The smallest absolute Gasteiger partial charge is 0.250 e. The summed E-state index contributed by atoms with van der Waals surface area (Å²) < 4.78 is 5.37. The predicted octanol–water partition coefficient (Wildman–Crippen LogP) is 4.27. The van der Waals surface area contributed by atoms with Crippen molar-refractivity contribution in [2.45, 2.75) is 30.8 Å². The number of anilines is 2. The summed E-state index contributed by atoms with van der Waals surface area (Å²) in [7, 11) is 1.54. The fourth-order valence-corrected chi connectivity index (χ4v) is 5.81. The minimum Gasteiger partial charge on any atom is -0.495 e. The molecule has 156 valence electrons. The van der Waals surface area contributed by atoms with Gasteiger partial charge in [-0.2, -0.15) is 0 Å². The molecule has 0 aliphatic carbocycles. The van der Waals surface area contributed by atoms with Gasteiger partial charge >= 0.3 is 0 Å². The average molecular weight is 446 g/mol. The number of amides is 2. The third-order valence-electron chi connectivity index (χ3n) is 6.59. The largest absolute Gasteiger partial charge is 0.495 e. The van der Waals surface area contributed by atoms with E-state index < -0.39 is 11.5 Å². The van der Waals surface area contributed by atoms with Gasteiger partial charge in [0.1, 0.15) is 11.3 Å². The van der Waals surface area contributed by atoms with Gasteiger partial charge in [-0.15, -0.1) is 0 Å². The zero-order chi connectivity index (χ0) is 21.0. The Balaban J connectivity index is 1.59. The first kappa shape index (κ1) is 19.7. The molecule has 3 heterocycles. The molecular formula is C22H21Cl2N3O3. The maximum Gasteiger partial charge on any atom is 0.250 e. The number of fused-ring (bicyclic) bond motifs is 4. The lowest BCUT2D eigenvalue weighted by molar-refractivity contribution is -0.135. The number of hydrogen-bond acceptors (Lipinski definition) is 4. The highest BCUT2D eigenvalue weighted by Gasteiger charge is 2.65. The topological polar surface area (TPSA) is 70.7 Å². The van der Waals surface area contributed by atoms with Crippen molar-refractivity contribution in [2.75, 3.05) is 24.3 Å².